The Bertz CT molecular complexity index is 2760. The number of thiophene rings is 1. The number of benzene rings is 7. The summed E-state index contributed by atoms with van der Waals surface area (Å²) in [6, 6.07) is 54.5. The van der Waals surface area contributed by atoms with Crippen molar-refractivity contribution in [2.75, 3.05) is 0 Å². The molecule has 2 nitrogen and oxygen atoms in total. The molecule has 3 heteroatoms. The molecule has 0 aliphatic carbocycles. The van der Waals surface area contributed by atoms with E-state index in [9.17, 15) is 0 Å². The van der Waals surface area contributed by atoms with Crippen molar-refractivity contribution in [3.05, 3.63) is 152 Å². The van der Waals surface area contributed by atoms with Gasteiger partial charge in [0.1, 0.15) is 11.2 Å². The number of hydrogen-bond acceptors (Lipinski definition) is 2. The Morgan fingerprint density at radius 3 is 2.00 bits per heavy atom. The normalized spacial score (nSPS) is 12.0. The van der Waals surface area contributed by atoms with E-state index in [-0.39, 0.29) is 0 Å². The van der Waals surface area contributed by atoms with Gasteiger partial charge in [0.15, 0.2) is 0 Å². The van der Waals surface area contributed by atoms with E-state index in [1.807, 2.05) is 11.3 Å². The maximum Gasteiger partial charge on any atom is 0.143 e. The van der Waals surface area contributed by atoms with Crippen LogP contribution in [-0.2, 0) is 0 Å². The first kappa shape index (κ1) is 24.8. The third-order valence-electron chi connectivity index (χ3n) is 9.21. The molecule has 45 heavy (non-hydrogen) atoms. The molecule has 0 saturated carbocycles. The summed E-state index contributed by atoms with van der Waals surface area (Å²) in [5.74, 6) is 0. The van der Waals surface area contributed by atoms with Gasteiger partial charge in [-0.05, 0) is 52.4 Å². The van der Waals surface area contributed by atoms with Crippen LogP contribution >= 0.6 is 11.3 Å². The van der Waals surface area contributed by atoms with E-state index < -0.39 is 0 Å². The largest absolute Gasteiger partial charge is 0.455 e. The molecule has 0 radical (unpaired) electrons. The number of para-hydroxylation sites is 2. The van der Waals surface area contributed by atoms with Crippen LogP contribution in [0.25, 0.3) is 91.9 Å². The summed E-state index contributed by atoms with van der Waals surface area (Å²) in [6.07, 6.45) is 0. The highest BCUT2D eigenvalue weighted by Gasteiger charge is 2.22. The van der Waals surface area contributed by atoms with Crippen LogP contribution in [0.4, 0.5) is 0 Å². The van der Waals surface area contributed by atoms with Gasteiger partial charge >= 0.3 is 0 Å². The lowest BCUT2D eigenvalue weighted by Crippen LogP contribution is -1.93. The SMILES string of the molecule is c1ccc(-n2c3ccccc3c3sc4c(-c5ccccc5-c5cccc6oc7c8ccccc8ccc7c56)cccc4c32)cc1. The molecule has 0 aliphatic rings. The minimum Gasteiger partial charge on any atom is -0.455 e. The molecule has 0 unspecified atom stereocenters. The Morgan fingerprint density at radius 2 is 1.11 bits per heavy atom. The first-order valence-electron chi connectivity index (χ1n) is 15.3. The number of nitrogens with zero attached hydrogens (tertiary/aromatic N) is 1. The number of aromatic nitrogens is 1. The lowest BCUT2D eigenvalue weighted by molar-refractivity contribution is 0.673. The van der Waals surface area contributed by atoms with Gasteiger partial charge in [0, 0.05) is 42.9 Å². The van der Waals surface area contributed by atoms with E-state index in [1.54, 1.807) is 0 Å². The van der Waals surface area contributed by atoms with Gasteiger partial charge in [0.2, 0.25) is 0 Å². The molecular formula is C42H25NOS. The van der Waals surface area contributed by atoms with Crippen molar-refractivity contribution >= 4 is 75.3 Å². The van der Waals surface area contributed by atoms with E-state index in [2.05, 4.69) is 156 Å². The Hall–Kier alpha value is -5.64. The second-order valence-electron chi connectivity index (χ2n) is 11.6. The summed E-state index contributed by atoms with van der Waals surface area (Å²) in [5, 5.41) is 7.22. The number of hydrogen-bond donors (Lipinski definition) is 0. The van der Waals surface area contributed by atoms with Crippen LogP contribution in [0, 0.1) is 0 Å². The molecule has 10 aromatic rings. The minimum atomic E-state index is 0.914. The van der Waals surface area contributed by atoms with Crippen LogP contribution in [0.5, 0.6) is 0 Å². The standard InChI is InChI=1S/C42H25NOS/c1-2-13-27(14-3-1)43-36-22-9-8-18-33(36)42-39(43)35-21-10-20-32(41(35)45-42)30-17-7-6-16-29(30)31-19-11-23-37-38(31)34-25-24-26-12-4-5-15-28(26)40(34)44-37/h1-25H. The number of rotatable bonds is 3. The zero-order valence-electron chi connectivity index (χ0n) is 24.2. The second kappa shape index (κ2) is 9.43. The molecule has 0 aliphatic heterocycles. The second-order valence-corrected chi connectivity index (χ2v) is 12.7. The molecule has 210 valence electrons. The summed E-state index contributed by atoms with van der Waals surface area (Å²) in [6.45, 7) is 0. The molecule has 0 fully saturated rings. The average molecular weight is 592 g/mol. The summed E-state index contributed by atoms with van der Waals surface area (Å²) < 4.78 is 11.6. The van der Waals surface area contributed by atoms with Crippen LogP contribution < -0.4 is 0 Å². The van der Waals surface area contributed by atoms with Gasteiger partial charge in [-0.1, -0.05) is 121 Å². The highest BCUT2D eigenvalue weighted by atomic mass is 32.1. The molecule has 7 aromatic carbocycles. The topological polar surface area (TPSA) is 18.1 Å². The summed E-state index contributed by atoms with van der Waals surface area (Å²) in [7, 11) is 0. The predicted octanol–water partition coefficient (Wildman–Crippen LogP) is 12.4. The van der Waals surface area contributed by atoms with Gasteiger partial charge in [-0.2, -0.15) is 0 Å². The lowest BCUT2D eigenvalue weighted by atomic mass is 9.91. The van der Waals surface area contributed by atoms with E-state index >= 15 is 0 Å². The van der Waals surface area contributed by atoms with Crippen molar-refractivity contribution in [1.29, 1.82) is 0 Å². The van der Waals surface area contributed by atoms with Crippen molar-refractivity contribution in [2.45, 2.75) is 0 Å². The van der Waals surface area contributed by atoms with E-state index in [1.165, 1.54) is 64.5 Å². The van der Waals surface area contributed by atoms with Crippen molar-refractivity contribution in [3.8, 4) is 27.9 Å². The zero-order valence-corrected chi connectivity index (χ0v) is 25.0. The third kappa shape index (κ3) is 3.50. The van der Waals surface area contributed by atoms with Crippen LogP contribution in [-0.4, -0.2) is 4.57 Å². The molecule has 3 aromatic heterocycles. The van der Waals surface area contributed by atoms with E-state index in [0.29, 0.717) is 0 Å². The maximum atomic E-state index is 6.57. The third-order valence-corrected chi connectivity index (χ3v) is 10.5. The van der Waals surface area contributed by atoms with Crippen LogP contribution in [0.15, 0.2) is 156 Å². The Labute approximate surface area is 263 Å². The molecular weight excluding hydrogens is 567 g/mol. The minimum absolute atomic E-state index is 0.914. The van der Waals surface area contributed by atoms with Gasteiger partial charge in [-0.15, -0.1) is 11.3 Å². The molecule has 0 bridgehead atoms. The summed E-state index contributed by atoms with van der Waals surface area (Å²) in [5.41, 5.74) is 10.4. The van der Waals surface area contributed by atoms with Gasteiger partial charge in [-0.25, -0.2) is 0 Å². The van der Waals surface area contributed by atoms with Crippen LogP contribution in [0.1, 0.15) is 0 Å². The fourth-order valence-corrected chi connectivity index (χ4v) is 8.63. The summed E-state index contributed by atoms with van der Waals surface area (Å²) in [4.78, 5) is 0. The smallest absolute Gasteiger partial charge is 0.143 e. The summed E-state index contributed by atoms with van der Waals surface area (Å²) >= 11 is 1.90. The Morgan fingerprint density at radius 1 is 0.444 bits per heavy atom. The molecule has 0 atom stereocenters. The van der Waals surface area contributed by atoms with Crippen molar-refractivity contribution in [3.63, 3.8) is 0 Å². The lowest BCUT2D eigenvalue weighted by Gasteiger charge is -2.13. The fourth-order valence-electron chi connectivity index (χ4n) is 7.28. The van der Waals surface area contributed by atoms with E-state index in [0.717, 1.165) is 27.3 Å². The quantitative estimate of drug-likeness (QED) is 0.200. The van der Waals surface area contributed by atoms with Crippen molar-refractivity contribution < 1.29 is 4.42 Å². The first-order valence-corrected chi connectivity index (χ1v) is 16.1. The molecule has 0 amide bonds. The highest BCUT2D eigenvalue weighted by Crippen LogP contribution is 2.48. The van der Waals surface area contributed by atoms with E-state index in [4.69, 9.17) is 4.42 Å². The average Bonchev–Trinajstić information content (AvgIpc) is 3.78. The van der Waals surface area contributed by atoms with Gasteiger partial charge in [-0.3, -0.25) is 0 Å². The molecule has 0 saturated heterocycles. The van der Waals surface area contributed by atoms with Crippen molar-refractivity contribution in [1.82, 2.24) is 4.57 Å². The highest BCUT2D eigenvalue weighted by molar-refractivity contribution is 7.27. The Kier molecular flexibility index (Phi) is 5.19. The zero-order chi connectivity index (χ0) is 29.5. The molecule has 0 N–H and O–H groups in total. The fraction of sp³-hybridized carbons (Fsp3) is 0. The number of fused-ring (bicyclic) bond motifs is 10. The van der Waals surface area contributed by atoms with Crippen LogP contribution in [0.2, 0.25) is 0 Å². The maximum absolute atomic E-state index is 6.57. The molecule has 3 heterocycles. The van der Waals surface area contributed by atoms with Crippen LogP contribution in [0.3, 0.4) is 0 Å². The number of furan rings is 1. The van der Waals surface area contributed by atoms with Gasteiger partial charge < -0.3 is 8.98 Å². The predicted molar refractivity (Wildman–Crippen MR) is 192 cm³/mol. The monoisotopic (exact) mass is 591 g/mol. The van der Waals surface area contributed by atoms with Gasteiger partial charge in [0.05, 0.1) is 15.7 Å². The van der Waals surface area contributed by atoms with Crippen molar-refractivity contribution in [2.24, 2.45) is 0 Å². The molecule has 0 spiro atoms. The van der Waals surface area contributed by atoms with Gasteiger partial charge in [0.25, 0.3) is 0 Å². The Balaban J connectivity index is 1.27. The molecule has 10 rings (SSSR count). The first-order chi connectivity index (χ1) is 22.3.